The summed E-state index contributed by atoms with van der Waals surface area (Å²) in [5.74, 6) is -0.373. The van der Waals surface area contributed by atoms with Crippen LogP contribution in [0.1, 0.15) is 43.6 Å². The Morgan fingerprint density at radius 3 is 2.72 bits per heavy atom. The van der Waals surface area contributed by atoms with E-state index in [1.165, 1.54) is 6.20 Å². The Morgan fingerprint density at radius 1 is 1.56 bits per heavy atom. The Balaban J connectivity index is 2.14. The number of aromatic nitrogens is 1. The Kier molecular flexibility index (Phi) is 5.62. The molecule has 0 aliphatic heterocycles. The fraction of sp³-hybridized carbons (Fsp3) is 0.562. The lowest BCUT2D eigenvalue weighted by molar-refractivity contribution is -0.189. The highest BCUT2D eigenvalue weighted by molar-refractivity contribution is 9.10. The van der Waals surface area contributed by atoms with Gasteiger partial charge in [-0.1, -0.05) is 12.8 Å². The second-order valence-corrected chi connectivity index (χ2v) is 7.20. The highest BCUT2D eigenvalue weighted by Crippen LogP contribution is 2.36. The minimum absolute atomic E-state index is 0.121. The number of halogens is 4. The van der Waals surface area contributed by atoms with Crippen molar-refractivity contribution in [3.05, 3.63) is 22.4 Å². The molecule has 0 aromatic carbocycles. The summed E-state index contributed by atoms with van der Waals surface area (Å²) in [6.45, 7) is 2.49. The number of hydrogen-bond acceptors (Lipinski definition) is 4. The van der Waals surface area contributed by atoms with Crippen LogP contribution in [0.2, 0.25) is 0 Å². The van der Waals surface area contributed by atoms with Gasteiger partial charge in [0.2, 0.25) is 0 Å². The van der Waals surface area contributed by atoms with Gasteiger partial charge in [0.05, 0.1) is 10.5 Å². The first-order chi connectivity index (χ1) is 11.5. The SMILES string of the molecule is C[C@H](Oc1cc(C(=O)NC(C)(C#N)CC2CC2)ncc1Br)C(F)(F)F. The van der Waals surface area contributed by atoms with E-state index < -0.39 is 23.7 Å². The van der Waals surface area contributed by atoms with Crippen molar-refractivity contribution in [1.29, 1.82) is 5.26 Å². The molecule has 0 saturated heterocycles. The van der Waals surface area contributed by atoms with Gasteiger partial charge < -0.3 is 10.1 Å². The molecule has 1 unspecified atom stereocenters. The number of nitrogens with zero attached hydrogens (tertiary/aromatic N) is 2. The first-order valence-electron chi connectivity index (χ1n) is 7.67. The number of nitriles is 1. The fourth-order valence-electron chi connectivity index (χ4n) is 2.23. The molecule has 1 N–H and O–H groups in total. The van der Waals surface area contributed by atoms with Crippen LogP contribution in [0.3, 0.4) is 0 Å². The van der Waals surface area contributed by atoms with Crippen LogP contribution in [-0.4, -0.2) is 28.7 Å². The molecule has 2 rings (SSSR count). The lowest BCUT2D eigenvalue weighted by atomic mass is 9.96. The van der Waals surface area contributed by atoms with Gasteiger partial charge in [0.1, 0.15) is 17.0 Å². The molecular formula is C16H17BrF3N3O2. The van der Waals surface area contributed by atoms with E-state index in [1.807, 2.05) is 0 Å². The maximum atomic E-state index is 12.6. The number of ether oxygens (including phenoxy) is 1. The molecule has 1 aromatic heterocycles. The van der Waals surface area contributed by atoms with Gasteiger partial charge in [0, 0.05) is 12.3 Å². The number of amides is 1. The van der Waals surface area contributed by atoms with E-state index in [0.29, 0.717) is 12.3 Å². The van der Waals surface area contributed by atoms with Crippen LogP contribution in [0.5, 0.6) is 5.75 Å². The predicted octanol–water partition coefficient (Wildman–Crippen LogP) is 3.99. The number of carbonyl (C=O) groups excluding carboxylic acids is 1. The molecular weight excluding hydrogens is 403 g/mol. The summed E-state index contributed by atoms with van der Waals surface area (Å²) in [5, 5.41) is 11.9. The van der Waals surface area contributed by atoms with E-state index in [0.717, 1.165) is 25.8 Å². The van der Waals surface area contributed by atoms with Crippen LogP contribution in [0.25, 0.3) is 0 Å². The van der Waals surface area contributed by atoms with Crippen LogP contribution in [0.4, 0.5) is 13.2 Å². The molecule has 1 aliphatic rings. The van der Waals surface area contributed by atoms with Gasteiger partial charge in [-0.25, -0.2) is 4.98 Å². The summed E-state index contributed by atoms with van der Waals surface area (Å²) in [5.41, 5.74) is -1.17. The zero-order valence-corrected chi connectivity index (χ0v) is 15.2. The van der Waals surface area contributed by atoms with E-state index in [4.69, 9.17) is 4.74 Å². The number of nitrogens with one attached hydrogen (secondary N) is 1. The van der Waals surface area contributed by atoms with Crippen molar-refractivity contribution < 1.29 is 22.7 Å². The van der Waals surface area contributed by atoms with E-state index in [1.54, 1.807) is 6.92 Å². The van der Waals surface area contributed by atoms with Crippen molar-refractivity contribution in [3.63, 3.8) is 0 Å². The van der Waals surface area contributed by atoms with Crippen LogP contribution in [-0.2, 0) is 0 Å². The summed E-state index contributed by atoms with van der Waals surface area (Å²) in [6, 6.07) is 3.20. The smallest absolute Gasteiger partial charge is 0.425 e. The molecule has 0 radical (unpaired) electrons. The van der Waals surface area contributed by atoms with Crippen LogP contribution < -0.4 is 10.1 Å². The van der Waals surface area contributed by atoms with Gasteiger partial charge in [0.25, 0.3) is 5.91 Å². The lowest BCUT2D eigenvalue weighted by Gasteiger charge is -2.23. The van der Waals surface area contributed by atoms with Crippen molar-refractivity contribution in [3.8, 4) is 11.8 Å². The summed E-state index contributed by atoms with van der Waals surface area (Å²) in [6.07, 6.45) is -2.80. The molecule has 1 heterocycles. The lowest BCUT2D eigenvalue weighted by Crippen LogP contribution is -2.45. The average molecular weight is 420 g/mol. The van der Waals surface area contributed by atoms with Gasteiger partial charge in [-0.15, -0.1) is 0 Å². The fourth-order valence-corrected chi connectivity index (χ4v) is 2.54. The topological polar surface area (TPSA) is 75.0 Å². The van der Waals surface area contributed by atoms with E-state index in [9.17, 15) is 23.2 Å². The highest BCUT2D eigenvalue weighted by atomic mass is 79.9. The monoisotopic (exact) mass is 419 g/mol. The maximum Gasteiger partial charge on any atom is 0.425 e. The zero-order valence-electron chi connectivity index (χ0n) is 13.7. The third kappa shape index (κ3) is 5.33. The predicted molar refractivity (Wildman–Crippen MR) is 86.9 cm³/mol. The molecule has 9 heteroatoms. The zero-order chi connectivity index (χ0) is 18.8. The van der Waals surface area contributed by atoms with Crippen molar-refractivity contribution in [1.82, 2.24) is 10.3 Å². The van der Waals surface area contributed by atoms with Crippen LogP contribution in [0.15, 0.2) is 16.7 Å². The maximum absolute atomic E-state index is 12.6. The summed E-state index contributed by atoms with van der Waals surface area (Å²) in [7, 11) is 0. The Hall–Kier alpha value is -1.82. The van der Waals surface area contributed by atoms with Gasteiger partial charge in [-0.3, -0.25) is 4.79 Å². The van der Waals surface area contributed by atoms with E-state index >= 15 is 0 Å². The van der Waals surface area contributed by atoms with E-state index in [2.05, 4.69) is 32.3 Å². The molecule has 1 amide bonds. The molecule has 1 aromatic rings. The largest absolute Gasteiger partial charge is 0.480 e. The summed E-state index contributed by atoms with van der Waals surface area (Å²) < 4.78 is 43.0. The van der Waals surface area contributed by atoms with Crippen molar-refractivity contribution in [2.45, 2.75) is 50.9 Å². The van der Waals surface area contributed by atoms with E-state index in [-0.39, 0.29) is 15.9 Å². The van der Waals surface area contributed by atoms with Gasteiger partial charge in [-0.2, -0.15) is 18.4 Å². The standard InChI is InChI=1S/C16H17BrF3N3O2/c1-9(16(18,19)20)25-13-5-12(22-7-11(13)17)14(24)23-15(2,8-21)6-10-3-4-10/h5,7,9-10H,3-4,6H2,1-2H3,(H,23,24)/t9-,15?/m0/s1. The highest BCUT2D eigenvalue weighted by Gasteiger charge is 2.39. The molecule has 1 aliphatic carbocycles. The number of pyridine rings is 1. The molecule has 136 valence electrons. The Bertz CT molecular complexity index is 701. The van der Waals surface area contributed by atoms with Crippen LogP contribution in [0, 0.1) is 17.2 Å². The van der Waals surface area contributed by atoms with Gasteiger partial charge in [-0.05, 0) is 42.1 Å². The third-order valence-electron chi connectivity index (χ3n) is 3.85. The normalized spacial score (nSPS) is 18.0. The molecule has 0 bridgehead atoms. The molecule has 5 nitrogen and oxygen atoms in total. The minimum Gasteiger partial charge on any atom is -0.480 e. The quantitative estimate of drug-likeness (QED) is 0.756. The van der Waals surface area contributed by atoms with Crippen molar-refractivity contribution >= 4 is 21.8 Å². The number of alkyl halides is 3. The molecule has 0 spiro atoms. The molecule has 1 saturated carbocycles. The summed E-state index contributed by atoms with van der Waals surface area (Å²) in [4.78, 5) is 16.2. The Labute approximate surface area is 151 Å². The molecule has 2 atom stereocenters. The molecule has 1 fully saturated rings. The van der Waals surface area contributed by atoms with Gasteiger partial charge >= 0.3 is 6.18 Å². The van der Waals surface area contributed by atoms with Crippen molar-refractivity contribution in [2.24, 2.45) is 5.92 Å². The second-order valence-electron chi connectivity index (χ2n) is 6.35. The minimum atomic E-state index is -4.53. The van der Waals surface area contributed by atoms with Crippen LogP contribution >= 0.6 is 15.9 Å². The number of rotatable bonds is 6. The van der Waals surface area contributed by atoms with Crippen molar-refractivity contribution in [2.75, 3.05) is 0 Å². The molecule has 25 heavy (non-hydrogen) atoms. The third-order valence-corrected chi connectivity index (χ3v) is 4.44. The van der Waals surface area contributed by atoms with Gasteiger partial charge in [0.15, 0.2) is 6.10 Å². The number of carbonyl (C=O) groups is 1. The first-order valence-corrected chi connectivity index (χ1v) is 8.46. The summed E-state index contributed by atoms with van der Waals surface area (Å²) >= 11 is 3.05. The Morgan fingerprint density at radius 2 is 2.20 bits per heavy atom. The number of hydrogen-bond donors (Lipinski definition) is 1. The second kappa shape index (κ2) is 7.20. The average Bonchev–Trinajstić information content (AvgIpc) is 3.31. The first kappa shape index (κ1) is 19.5.